The summed E-state index contributed by atoms with van der Waals surface area (Å²) in [5.74, 6) is -49.8. The van der Waals surface area contributed by atoms with Crippen LogP contribution in [0.3, 0.4) is 0 Å². The van der Waals surface area contributed by atoms with E-state index in [1.807, 2.05) is 0 Å². The van der Waals surface area contributed by atoms with Gasteiger partial charge in [-0.1, -0.05) is 39.0 Å². The maximum absolute atomic E-state index is 14.1. The summed E-state index contributed by atoms with van der Waals surface area (Å²) in [5, 5.41) is 0. The molecule has 0 aliphatic rings. The van der Waals surface area contributed by atoms with Crippen LogP contribution in [0.25, 0.3) is 11.4 Å². The lowest BCUT2D eigenvalue weighted by atomic mass is 9.91. The first-order valence-corrected chi connectivity index (χ1v) is 13.0. The number of benzene rings is 1. The Morgan fingerprint density at radius 2 is 1.04 bits per heavy atom. The SMILES string of the molecule is CCCCCCCCc1cnc(-c2ccc(OC(F)C(F)(F)C(F)(F)C(F)(F)C(F)(F)C(F)(F)C(F)(F)C(F)(F)F)cc2)nc1. The van der Waals surface area contributed by atoms with E-state index in [1.54, 1.807) is 0 Å². The molecule has 0 spiro atoms. The van der Waals surface area contributed by atoms with Crippen LogP contribution >= 0.6 is 0 Å². The number of rotatable bonds is 16. The Labute approximate surface area is 245 Å². The van der Waals surface area contributed by atoms with Crippen molar-refractivity contribution in [3.8, 4) is 17.1 Å². The van der Waals surface area contributed by atoms with Crippen molar-refractivity contribution in [3.63, 3.8) is 0 Å². The zero-order valence-corrected chi connectivity index (χ0v) is 22.8. The molecule has 0 saturated carbocycles. The van der Waals surface area contributed by atoms with Gasteiger partial charge in [-0.25, -0.2) is 9.97 Å². The number of ether oxygens (including phenoxy) is 1. The van der Waals surface area contributed by atoms with Gasteiger partial charge in [-0.3, -0.25) is 0 Å². The third-order valence-electron chi connectivity index (χ3n) is 6.51. The Balaban J connectivity index is 2.19. The minimum atomic E-state index is -8.52. The Bertz CT molecular complexity index is 1230. The van der Waals surface area contributed by atoms with E-state index in [9.17, 15) is 70.2 Å². The van der Waals surface area contributed by atoms with E-state index < -0.39 is 53.8 Å². The predicted octanol–water partition coefficient (Wildman–Crippen LogP) is 10.1. The summed E-state index contributed by atoms with van der Waals surface area (Å²) in [7, 11) is 0. The van der Waals surface area contributed by atoms with Crippen LogP contribution in [0.5, 0.6) is 5.75 Å². The first-order chi connectivity index (χ1) is 20.4. The van der Waals surface area contributed by atoms with Crippen LogP contribution in [0.1, 0.15) is 51.0 Å². The Morgan fingerprint density at radius 3 is 1.53 bits per heavy atom. The van der Waals surface area contributed by atoms with E-state index in [0.717, 1.165) is 56.2 Å². The second-order valence-corrected chi connectivity index (χ2v) is 9.88. The fraction of sp³-hybridized carbons (Fsp3) is 0.615. The molecule has 1 heterocycles. The molecule has 256 valence electrons. The first kappa shape index (κ1) is 38.2. The van der Waals surface area contributed by atoms with E-state index in [1.165, 1.54) is 12.4 Å². The van der Waals surface area contributed by atoms with Crippen molar-refractivity contribution in [1.29, 1.82) is 0 Å². The molecule has 19 heteroatoms. The van der Waals surface area contributed by atoms with Gasteiger partial charge in [0, 0.05) is 18.0 Å². The molecule has 3 nitrogen and oxygen atoms in total. The highest BCUT2D eigenvalue weighted by molar-refractivity contribution is 5.55. The zero-order valence-electron chi connectivity index (χ0n) is 22.8. The maximum Gasteiger partial charge on any atom is 0.460 e. The third-order valence-corrected chi connectivity index (χ3v) is 6.51. The van der Waals surface area contributed by atoms with Crippen LogP contribution in [0, 0.1) is 0 Å². The van der Waals surface area contributed by atoms with Gasteiger partial charge in [-0.2, -0.15) is 70.2 Å². The highest BCUT2D eigenvalue weighted by Gasteiger charge is 2.94. The number of unbranched alkanes of at least 4 members (excludes halogenated alkanes) is 5. The molecule has 0 fully saturated rings. The fourth-order valence-corrected chi connectivity index (χ4v) is 3.74. The number of alkyl halides is 16. The average molecular weight is 684 g/mol. The van der Waals surface area contributed by atoms with Crippen molar-refractivity contribution in [2.75, 3.05) is 0 Å². The van der Waals surface area contributed by atoms with Crippen LogP contribution in [-0.4, -0.2) is 58.0 Å². The van der Waals surface area contributed by atoms with E-state index in [-0.39, 0.29) is 11.4 Å². The number of aromatic nitrogens is 2. The molecule has 2 rings (SSSR count). The van der Waals surface area contributed by atoms with Gasteiger partial charge >= 0.3 is 48.1 Å². The van der Waals surface area contributed by atoms with Crippen molar-refractivity contribution < 1.29 is 75.0 Å². The quantitative estimate of drug-likeness (QED) is 0.130. The van der Waals surface area contributed by atoms with E-state index in [0.29, 0.717) is 18.6 Å². The number of nitrogens with zero attached hydrogens (tertiary/aromatic N) is 2. The molecule has 0 radical (unpaired) electrons. The standard InChI is InChI=1S/C26H24F16N2O/c1-2-3-4-5-6-7-8-15-13-43-18(44-14-15)16-9-11-17(12-10-16)45-19(27)20(28,29)21(30,31)22(32,33)23(34,35)24(36,37)25(38,39)26(40,41)42/h9-14,19H,2-8H2,1H3. The molecular formula is C26H24F16N2O. The minimum absolute atomic E-state index is 0.0142. The van der Waals surface area contributed by atoms with Gasteiger partial charge in [-0.15, -0.1) is 0 Å². The summed E-state index contributed by atoms with van der Waals surface area (Å²) in [6.45, 7) is 2.08. The molecule has 0 N–H and O–H groups in total. The fourth-order valence-electron chi connectivity index (χ4n) is 3.74. The number of aryl methyl sites for hydroxylation is 1. The second-order valence-electron chi connectivity index (χ2n) is 9.88. The molecule has 0 bridgehead atoms. The molecule has 1 atom stereocenters. The second kappa shape index (κ2) is 13.4. The molecular weight excluding hydrogens is 660 g/mol. The molecule has 1 unspecified atom stereocenters. The molecule has 0 aliphatic carbocycles. The number of hydrogen-bond acceptors (Lipinski definition) is 3. The van der Waals surface area contributed by atoms with E-state index >= 15 is 0 Å². The van der Waals surface area contributed by atoms with E-state index in [2.05, 4.69) is 21.6 Å². The van der Waals surface area contributed by atoms with Crippen LogP contribution in [0.15, 0.2) is 36.7 Å². The summed E-state index contributed by atoms with van der Waals surface area (Å²) in [6.07, 6.45) is -3.00. The highest BCUT2D eigenvalue weighted by atomic mass is 19.4. The Kier molecular flexibility index (Phi) is 11.3. The summed E-state index contributed by atoms with van der Waals surface area (Å²) in [6, 6.07) is 3.02. The summed E-state index contributed by atoms with van der Waals surface area (Å²) in [4.78, 5) is 8.11. The predicted molar refractivity (Wildman–Crippen MR) is 126 cm³/mol. The van der Waals surface area contributed by atoms with Crippen molar-refractivity contribution in [3.05, 3.63) is 42.2 Å². The number of hydrogen-bond donors (Lipinski definition) is 0. The van der Waals surface area contributed by atoms with Crippen molar-refractivity contribution in [2.24, 2.45) is 0 Å². The minimum Gasteiger partial charge on any atom is -0.454 e. The molecule has 0 saturated heterocycles. The van der Waals surface area contributed by atoms with Crippen molar-refractivity contribution in [2.45, 2.75) is 99.9 Å². The largest absolute Gasteiger partial charge is 0.460 e. The first-order valence-electron chi connectivity index (χ1n) is 13.0. The Morgan fingerprint density at radius 1 is 0.600 bits per heavy atom. The topological polar surface area (TPSA) is 35.0 Å². The Hall–Kier alpha value is -3.02. The monoisotopic (exact) mass is 684 g/mol. The summed E-state index contributed by atoms with van der Waals surface area (Å²) in [5.41, 5.74) is 0.861. The molecule has 0 amide bonds. The van der Waals surface area contributed by atoms with Crippen molar-refractivity contribution in [1.82, 2.24) is 9.97 Å². The summed E-state index contributed by atoms with van der Waals surface area (Å²) >= 11 is 0. The summed E-state index contributed by atoms with van der Waals surface area (Å²) < 4.78 is 218. The molecule has 1 aromatic carbocycles. The lowest BCUT2D eigenvalue weighted by Crippen LogP contribution is -2.73. The van der Waals surface area contributed by atoms with Crippen LogP contribution in [0.2, 0.25) is 0 Å². The lowest BCUT2D eigenvalue weighted by Gasteiger charge is -2.41. The van der Waals surface area contributed by atoms with Gasteiger partial charge in [0.15, 0.2) is 5.82 Å². The van der Waals surface area contributed by atoms with E-state index in [4.69, 9.17) is 0 Å². The maximum atomic E-state index is 14.1. The van der Waals surface area contributed by atoms with Crippen LogP contribution in [-0.2, 0) is 6.42 Å². The highest BCUT2D eigenvalue weighted by Crippen LogP contribution is 2.62. The molecule has 0 aliphatic heterocycles. The van der Waals surface area contributed by atoms with Gasteiger partial charge in [-0.05, 0) is 42.7 Å². The molecule has 45 heavy (non-hydrogen) atoms. The molecule has 1 aromatic heterocycles. The average Bonchev–Trinajstić information content (AvgIpc) is 2.94. The zero-order chi connectivity index (χ0) is 34.7. The smallest absolute Gasteiger partial charge is 0.454 e. The van der Waals surface area contributed by atoms with Gasteiger partial charge in [0.25, 0.3) is 0 Å². The van der Waals surface area contributed by atoms with Crippen LogP contribution in [0.4, 0.5) is 70.2 Å². The lowest BCUT2D eigenvalue weighted by molar-refractivity contribution is -0.457. The van der Waals surface area contributed by atoms with Gasteiger partial charge < -0.3 is 4.74 Å². The molecule has 2 aromatic rings. The van der Waals surface area contributed by atoms with Gasteiger partial charge in [0.05, 0.1) is 0 Å². The van der Waals surface area contributed by atoms with Crippen molar-refractivity contribution >= 4 is 0 Å². The van der Waals surface area contributed by atoms with Crippen LogP contribution < -0.4 is 4.74 Å². The third kappa shape index (κ3) is 7.20. The normalized spacial score (nSPS) is 14.9. The van der Waals surface area contributed by atoms with Gasteiger partial charge in [0.2, 0.25) is 0 Å². The number of halogens is 16. The van der Waals surface area contributed by atoms with Gasteiger partial charge in [0.1, 0.15) is 5.75 Å².